The van der Waals surface area contributed by atoms with Gasteiger partial charge in [0.15, 0.2) is 0 Å². The Hall–Kier alpha value is -1.47. The highest BCUT2D eigenvalue weighted by atomic mass is 32.2. The van der Waals surface area contributed by atoms with Crippen molar-refractivity contribution >= 4 is 16.1 Å². The summed E-state index contributed by atoms with van der Waals surface area (Å²) >= 11 is 0. The molecule has 0 spiro atoms. The molecule has 1 amide bonds. The number of halogens is 1. The average molecular weight is 286 g/mol. The zero-order chi connectivity index (χ0) is 14.2. The first-order valence-electron chi connectivity index (χ1n) is 5.88. The Morgan fingerprint density at radius 1 is 1.32 bits per heavy atom. The van der Waals surface area contributed by atoms with Crippen LogP contribution in [0.1, 0.15) is 22.3 Å². The van der Waals surface area contributed by atoms with Gasteiger partial charge in [-0.3, -0.25) is 4.79 Å². The van der Waals surface area contributed by atoms with E-state index in [1.807, 2.05) is 0 Å². The van der Waals surface area contributed by atoms with Crippen molar-refractivity contribution in [2.45, 2.75) is 13.3 Å². The van der Waals surface area contributed by atoms with Crippen molar-refractivity contribution < 1.29 is 17.6 Å². The zero-order valence-corrected chi connectivity index (χ0v) is 11.6. The van der Waals surface area contributed by atoms with E-state index in [1.54, 1.807) is 13.0 Å². The standard InChI is InChI=1S/C12H15FN2O3S/c1-9-4-5-10(11(13)8-9)12(16)15-7-3-6-14(2)19(15,17)18/h4-5,8H,3,6-7H2,1-2H3. The maximum Gasteiger partial charge on any atom is 0.306 e. The summed E-state index contributed by atoms with van der Waals surface area (Å²) in [7, 11) is -2.42. The van der Waals surface area contributed by atoms with Crippen LogP contribution in [0, 0.1) is 12.7 Å². The molecule has 7 heteroatoms. The molecule has 5 nitrogen and oxygen atoms in total. The molecule has 1 aliphatic heterocycles. The quantitative estimate of drug-likeness (QED) is 0.778. The molecule has 104 valence electrons. The summed E-state index contributed by atoms with van der Waals surface area (Å²) in [5.74, 6) is -1.52. The lowest BCUT2D eigenvalue weighted by molar-refractivity contribution is 0.0837. The second-order valence-corrected chi connectivity index (χ2v) is 6.50. The van der Waals surface area contributed by atoms with Crippen LogP contribution in [0.2, 0.25) is 0 Å². The second kappa shape index (κ2) is 4.90. The summed E-state index contributed by atoms with van der Waals surface area (Å²) in [6.45, 7) is 2.14. The first kappa shape index (κ1) is 14.0. The van der Waals surface area contributed by atoms with E-state index in [4.69, 9.17) is 0 Å². The van der Waals surface area contributed by atoms with E-state index >= 15 is 0 Å². The van der Waals surface area contributed by atoms with Crippen LogP contribution in [0.4, 0.5) is 4.39 Å². The number of benzene rings is 1. The van der Waals surface area contributed by atoms with E-state index < -0.39 is 21.9 Å². The van der Waals surface area contributed by atoms with Gasteiger partial charge < -0.3 is 0 Å². The van der Waals surface area contributed by atoms with Gasteiger partial charge in [0.05, 0.1) is 5.56 Å². The summed E-state index contributed by atoms with van der Waals surface area (Å²) in [6.07, 6.45) is 0.537. The zero-order valence-electron chi connectivity index (χ0n) is 10.8. The first-order chi connectivity index (χ1) is 8.84. The van der Waals surface area contributed by atoms with Crippen molar-refractivity contribution in [3.05, 3.63) is 35.1 Å². The van der Waals surface area contributed by atoms with Crippen LogP contribution in [0.3, 0.4) is 0 Å². The lowest BCUT2D eigenvalue weighted by atomic mass is 10.1. The predicted octanol–water partition coefficient (Wildman–Crippen LogP) is 1.16. The topological polar surface area (TPSA) is 57.7 Å². The molecule has 0 unspecified atom stereocenters. The van der Waals surface area contributed by atoms with E-state index in [1.165, 1.54) is 19.2 Å². The molecule has 1 aromatic rings. The molecule has 0 saturated carbocycles. The van der Waals surface area contributed by atoms with Gasteiger partial charge in [-0.15, -0.1) is 0 Å². The number of aryl methyl sites for hydroxylation is 1. The highest BCUT2D eigenvalue weighted by molar-refractivity contribution is 7.87. The van der Waals surface area contributed by atoms with E-state index in [0.717, 1.165) is 8.61 Å². The van der Waals surface area contributed by atoms with Gasteiger partial charge in [-0.1, -0.05) is 6.07 Å². The predicted molar refractivity (Wildman–Crippen MR) is 68.3 cm³/mol. The Morgan fingerprint density at radius 3 is 2.63 bits per heavy atom. The maximum atomic E-state index is 13.7. The van der Waals surface area contributed by atoms with Crippen molar-refractivity contribution in [2.75, 3.05) is 20.1 Å². The molecule has 2 rings (SSSR count). The molecule has 1 saturated heterocycles. The Morgan fingerprint density at radius 2 is 2.00 bits per heavy atom. The van der Waals surface area contributed by atoms with Crippen molar-refractivity contribution in [2.24, 2.45) is 0 Å². The van der Waals surface area contributed by atoms with Crippen LogP contribution in [0.15, 0.2) is 18.2 Å². The maximum absolute atomic E-state index is 13.7. The van der Waals surface area contributed by atoms with Crippen LogP contribution in [-0.2, 0) is 10.2 Å². The van der Waals surface area contributed by atoms with Gasteiger partial charge in [0.25, 0.3) is 5.91 Å². The molecule has 0 aliphatic carbocycles. The van der Waals surface area contributed by atoms with E-state index in [2.05, 4.69) is 0 Å². The van der Waals surface area contributed by atoms with Crippen molar-refractivity contribution in [1.29, 1.82) is 0 Å². The third-order valence-corrected chi connectivity index (χ3v) is 4.96. The minimum atomic E-state index is -3.83. The molecule has 0 radical (unpaired) electrons. The average Bonchev–Trinajstić information content (AvgIpc) is 2.32. The lowest BCUT2D eigenvalue weighted by Crippen LogP contribution is -2.50. The van der Waals surface area contributed by atoms with Gasteiger partial charge in [-0.2, -0.15) is 12.7 Å². The Balaban J connectivity index is 2.38. The summed E-state index contributed by atoms with van der Waals surface area (Å²) in [4.78, 5) is 12.2. The Bertz CT molecular complexity index is 615. The number of hydrogen-bond donors (Lipinski definition) is 0. The number of carbonyl (C=O) groups excluding carboxylic acids is 1. The summed E-state index contributed by atoms with van der Waals surface area (Å²) in [5, 5.41) is 0. The van der Waals surface area contributed by atoms with Crippen molar-refractivity contribution in [3.63, 3.8) is 0 Å². The highest BCUT2D eigenvalue weighted by Gasteiger charge is 2.35. The van der Waals surface area contributed by atoms with Crippen LogP contribution in [0.25, 0.3) is 0 Å². The second-order valence-electron chi connectivity index (χ2n) is 4.54. The molecule has 1 aliphatic rings. The van der Waals surface area contributed by atoms with Gasteiger partial charge in [-0.05, 0) is 31.0 Å². The normalized spacial score (nSPS) is 19.4. The molecule has 19 heavy (non-hydrogen) atoms. The number of hydrogen-bond acceptors (Lipinski definition) is 3. The third-order valence-electron chi connectivity index (χ3n) is 3.09. The minimum absolute atomic E-state index is 0.0822. The van der Waals surface area contributed by atoms with Gasteiger partial charge in [0.2, 0.25) is 0 Å². The minimum Gasteiger partial charge on any atom is -0.268 e. The molecule has 1 fully saturated rings. The van der Waals surface area contributed by atoms with Crippen LogP contribution < -0.4 is 0 Å². The molecular formula is C12H15FN2O3S. The number of nitrogens with zero attached hydrogens (tertiary/aromatic N) is 2. The van der Waals surface area contributed by atoms with Crippen molar-refractivity contribution in [3.8, 4) is 0 Å². The summed E-state index contributed by atoms with van der Waals surface area (Å²) in [5.41, 5.74) is 0.456. The Labute approximate surface area is 111 Å². The fraction of sp³-hybridized carbons (Fsp3) is 0.417. The molecule has 0 bridgehead atoms. The van der Waals surface area contributed by atoms with E-state index in [-0.39, 0.29) is 12.1 Å². The van der Waals surface area contributed by atoms with Crippen LogP contribution in [-0.4, -0.2) is 43.1 Å². The Kier molecular flexibility index (Phi) is 3.60. The first-order valence-corrected chi connectivity index (χ1v) is 7.28. The molecule has 0 aromatic heterocycles. The van der Waals surface area contributed by atoms with Crippen LogP contribution >= 0.6 is 0 Å². The molecule has 0 atom stereocenters. The molecule has 1 aromatic carbocycles. The number of carbonyl (C=O) groups is 1. The third kappa shape index (κ3) is 2.48. The summed E-state index contributed by atoms with van der Waals surface area (Å²) < 4.78 is 39.6. The fourth-order valence-electron chi connectivity index (χ4n) is 1.97. The smallest absolute Gasteiger partial charge is 0.268 e. The van der Waals surface area contributed by atoms with Gasteiger partial charge >= 0.3 is 10.2 Å². The monoisotopic (exact) mass is 286 g/mol. The van der Waals surface area contributed by atoms with E-state index in [9.17, 15) is 17.6 Å². The van der Waals surface area contributed by atoms with Gasteiger partial charge in [0, 0.05) is 20.1 Å². The number of rotatable bonds is 1. The number of amides is 1. The van der Waals surface area contributed by atoms with Crippen molar-refractivity contribution in [1.82, 2.24) is 8.61 Å². The fourth-order valence-corrected chi connectivity index (χ4v) is 3.33. The largest absolute Gasteiger partial charge is 0.306 e. The molecular weight excluding hydrogens is 271 g/mol. The highest BCUT2D eigenvalue weighted by Crippen LogP contribution is 2.19. The summed E-state index contributed by atoms with van der Waals surface area (Å²) in [6, 6.07) is 4.11. The molecule has 1 heterocycles. The van der Waals surface area contributed by atoms with Crippen LogP contribution in [0.5, 0.6) is 0 Å². The molecule has 0 N–H and O–H groups in total. The van der Waals surface area contributed by atoms with Gasteiger partial charge in [0.1, 0.15) is 5.82 Å². The van der Waals surface area contributed by atoms with E-state index in [0.29, 0.717) is 18.5 Å². The SMILES string of the molecule is Cc1ccc(C(=O)N2CCCN(C)S2(=O)=O)c(F)c1. The lowest BCUT2D eigenvalue weighted by Gasteiger charge is -2.32. The van der Waals surface area contributed by atoms with Gasteiger partial charge in [-0.25, -0.2) is 8.70 Å².